The van der Waals surface area contributed by atoms with E-state index in [-0.39, 0.29) is 29.8 Å². The van der Waals surface area contributed by atoms with E-state index in [4.69, 9.17) is 11.6 Å². The molecule has 0 heterocycles. The first-order valence-corrected chi connectivity index (χ1v) is 7.28. The molecule has 1 aromatic rings. The topological polar surface area (TPSA) is 12.0 Å². The fourth-order valence-corrected chi connectivity index (χ4v) is 3.01. The Bertz CT molecular complexity index is 454. The van der Waals surface area contributed by atoms with Crippen molar-refractivity contribution in [3.8, 4) is 0 Å². The fraction of sp³-hybridized carbons (Fsp3) is 0.600. The van der Waals surface area contributed by atoms with Gasteiger partial charge in [-0.15, -0.1) is 0 Å². The third kappa shape index (κ3) is 3.89. The lowest BCUT2D eigenvalue weighted by atomic mass is 9.80. The number of likely N-dealkylation sites (N-methyl/N-ethyl adjacent to an activating group) is 1. The van der Waals surface area contributed by atoms with Crippen LogP contribution >= 0.6 is 11.6 Å². The molecule has 2 rings (SSSR count). The Morgan fingerprint density at radius 3 is 2.55 bits per heavy atom. The van der Waals surface area contributed by atoms with Crippen LogP contribution in [0.5, 0.6) is 0 Å². The molecule has 1 aliphatic carbocycles. The van der Waals surface area contributed by atoms with E-state index in [0.29, 0.717) is 19.3 Å². The molecule has 0 bridgehead atoms. The SMILES string of the molecule is CNC(Cc1ccc(Cl)c(F)c1)C1CCC(F)(F)CC1. The molecule has 1 nitrogen and oxygen atoms in total. The molecule has 0 aromatic heterocycles. The van der Waals surface area contributed by atoms with Crippen molar-refractivity contribution in [2.45, 2.75) is 44.1 Å². The highest BCUT2D eigenvalue weighted by Gasteiger charge is 2.37. The van der Waals surface area contributed by atoms with Gasteiger partial charge in [0.05, 0.1) is 5.02 Å². The molecule has 1 fully saturated rings. The van der Waals surface area contributed by atoms with Crippen LogP contribution in [0, 0.1) is 11.7 Å². The van der Waals surface area contributed by atoms with Gasteiger partial charge in [0.2, 0.25) is 5.92 Å². The second-order valence-corrected chi connectivity index (χ2v) is 5.95. The quantitative estimate of drug-likeness (QED) is 0.867. The Labute approximate surface area is 122 Å². The summed E-state index contributed by atoms with van der Waals surface area (Å²) in [7, 11) is 1.82. The number of hydrogen-bond acceptors (Lipinski definition) is 1. The lowest BCUT2D eigenvalue weighted by Gasteiger charge is -2.33. The molecular weight excluding hydrogens is 287 g/mol. The zero-order chi connectivity index (χ0) is 14.8. The summed E-state index contributed by atoms with van der Waals surface area (Å²) in [5.41, 5.74) is 0.837. The standard InChI is InChI=1S/C15H19ClF3N/c1-20-14(11-4-6-15(18,19)7-5-11)9-10-2-3-12(16)13(17)8-10/h2-3,8,11,14,20H,4-7,9H2,1H3. The molecule has 1 aromatic carbocycles. The molecule has 0 spiro atoms. The summed E-state index contributed by atoms with van der Waals surface area (Å²) >= 11 is 5.66. The summed E-state index contributed by atoms with van der Waals surface area (Å²) in [4.78, 5) is 0. The van der Waals surface area contributed by atoms with Gasteiger partial charge in [-0.1, -0.05) is 17.7 Å². The molecule has 1 atom stereocenters. The predicted molar refractivity (Wildman–Crippen MR) is 74.9 cm³/mol. The third-order valence-electron chi connectivity index (χ3n) is 4.14. The van der Waals surface area contributed by atoms with Crippen molar-refractivity contribution in [2.75, 3.05) is 7.05 Å². The van der Waals surface area contributed by atoms with E-state index in [1.165, 1.54) is 12.1 Å². The zero-order valence-corrected chi connectivity index (χ0v) is 12.2. The average Bonchev–Trinajstić information content (AvgIpc) is 2.40. The maximum atomic E-state index is 13.4. The van der Waals surface area contributed by atoms with E-state index in [2.05, 4.69) is 5.32 Å². The van der Waals surface area contributed by atoms with Crippen LogP contribution in [0.15, 0.2) is 18.2 Å². The Morgan fingerprint density at radius 1 is 1.35 bits per heavy atom. The highest BCUT2D eigenvalue weighted by molar-refractivity contribution is 6.30. The van der Waals surface area contributed by atoms with Gasteiger partial charge in [-0.2, -0.15) is 0 Å². The van der Waals surface area contributed by atoms with Crippen molar-refractivity contribution in [3.05, 3.63) is 34.6 Å². The second kappa shape index (κ2) is 6.35. The molecule has 112 valence electrons. The van der Waals surface area contributed by atoms with Gasteiger partial charge in [-0.05, 0) is 49.9 Å². The molecule has 0 amide bonds. The van der Waals surface area contributed by atoms with Crippen LogP contribution < -0.4 is 5.32 Å². The Balaban J connectivity index is 2.00. The molecule has 20 heavy (non-hydrogen) atoms. The lowest BCUT2D eigenvalue weighted by molar-refractivity contribution is -0.0492. The Morgan fingerprint density at radius 2 is 2.00 bits per heavy atom. The van der Waals surface area contributed by atoms with Crippen LogP contribution in [0.1, 0.15) is 31.2 Å². The minimum atomic E-state index is -2.51. The monoisotopic (exact) mass is 305 g/mol. The largest absolute Gasteiger partial charge is 0.316 e. The molecule has 0 radical (unpaired) electrons. The smallest absolute Gasteiger partial charge is 0.248 e. The van der Waals surface area contributed by atoms with Crippen molar-refractivity contribution in [1.29, 1.82) is 0 Å². The molecular formula is C15H19ClF3N. The van der Waals surface area contributed by atoms with Crippen molar-refractivity contribution >= 4 is 11.6 Å². The molecule has 0 saturated heterocycles. The maximum Gasteiger partial charge on any atom is 0.248 e. The summed E-state index contributed by atoms with van der Waals surface area (Å²) < 4.78 is 39.8. The lowest BCUT2D eigenvalue weighted by Crippen LogP contribution is -2.39. The third-order valence-corrected chi connectivity index (χ3v) is 4.45. The summed E-state index contributed by atoms with van der Waals surface area (Å²) in [5, 5.41) is 3.29. The van der Waals surface area contributed by atoms with Gasteiger partial charge in [-0.3, -0.25) is 0 Å². The molecule has 1 aliphatic rings. The van der Waals surface area contributed by atoms with Gasteiger partial charge in [0.1, 0.15) is 5.82 Å². The van der Waals surface area contributed by atoms with E-state index >= 15 is 0 Å². The minimum absolute atomic E-state index is 0.0508. The van der Waals surface area contributed by atoms with Crippen molar-refractivity contribution in [3.63, 3.8) is 0 Å². The molecule has 1 saturated carbocycles. The van der Waals surface area contributed by atoms with Crippen LogP contribution in [-0.4, -0.2) is 19.0 Å². The van der Waals surface area contributed by atoms with Crippen molar-refractivity contribution in [2.24, 2.45) is 5.92 Å². The van der Waals surface area contributed by atoms with E-state index in [9.17, 15) is 13.2 Å². The number of hydrogen-bond donors (Lipinski definition) is 1. The molecule has 1 unspecified atom stereocenters. The first-order chi connectivity index (χ1) is 9.41. The normalized spacial score (nSPS) is 20.9. The highest BCUT2D eigenvalue weighted by atomic mass is 35.5. The van der Waals surface area contributed by atoms with Gasteiger partial charge < -0.3 is 5.32 Å². The van der Waals surface area contributed by atoms with Crippen molar-refractivity contribution in [1.82, 2.24) is 5.32 Å². The van der Waals surface area contributed by atoms with Crippen molar-refractivity contribution < 1.29 is 13.2 Å². The van der Waals surface area contributed by atoms with E-state index in [0.717, 1.165) is 5.56 Å². The predicted octanol–water partition coefficient (Wildman–Crippen LogP) is 4.44. The minimum Gasteiger partial charge on any atom is -0.316 e. The number of rotatable bonds is 4. The van der Waals surface area contributed by atoms with Gasteiger partial charge in [-0.25, -0.2) is 13.2 Å². The second-order valence-electron chi connectivity index (χ2n) is 5.54. The Hall–Kier alpha value is -0.740. The Kier molecular flexibility index (Phi) is 4.97. The maximum absolute atomic E-state index is 13.4. The van der Waals surface area contributed by atoms with E-state index < -0.39 is 11.7 Å². The number of halogens is 4. The summed E-state index contributed by atoms with van der Waals surface area (Å²) in [6.07, 6.45) is 1.54. The molecule has 5 heteroatoms. The van der Waals surface area contributed by atoms with Crippen LogP contribution in [0.4, 0.5) is 13.2 Å². The number of benzene rings is 1. The van der Waals surface area contributed by atoms with E-state index in [1.807, 2.05) is 7.05 Å². The van der Waals surface area contributed by atoms with Gasteiger partial charge in [0, 0.05) is 18.9 Å². The van der Waals surface area contributed by atoms with Gasteiger partial charge >= 0.3 is 0 Å². The highest BCUT2D eigenvalue weighted by Crippen LogP contribution is 2.38. The number of nitrogens with one attached hydrogen (secondary N) is 1. The van der Waals surface area contributed by atoms with Gasteiger partial charge in [0.25, 0.3) is 0 Å². The summed E-state index contributed by atoms with van der Waals surface area (Å²) in [6, 6.07) is 4.83. The van der Waals surface area contributed by atoms with E-state index in [1.54, 1.807) is 6.07 Å². The van der Waals surface area contributed by atoms with Crippen LogP contribution in [0.2, 0.25) is 5.02 Å². The fourth-order valence-electron chi connectivity index (χ4n) is 2.89. The first kappa shape index (κ1) is 15.6. The number of alkyl halides is 2. The summed E-state index contributed by atoms with van der Waals surface area (Å²) in [5.74, 6) is -2.74. The molecule has 0 aliphatic heterocycles. The van der Waals surface area contributed by atoms with Crippen LogP contribution in [0.3, 0.4) is 0 Å². The van der Waals surface area contributed by atoms with Crippen LogP contribution in [0.25, 0.3) is 0 Å². The average molecular weight is 306 g/mol. The van der Waals surface area contributed by atoms with Gasteiger partial charge in [0.15, 0.2) is 0 Å². The van der Waals surface area contributed by atoms with Crippen LogP contribution in [-0.2, 0) is 6.42 Å². The summed E-state index contributed by atoms with van der Waals surface area (Å²) in [6.45, 7) is 0. The first-order valence-electron chi connectivity index (χ1n) is 6.90. The zero-order valence-electron chi connectivity index (χ0n) is 11.4. The molecule has 1 N–H and O–H groups in total.